The van der Waals surface area contributed by atoms with Crippen molar-refractivity contribution in [2.75, 3.05) is 5.32 Å². The molecule has 0 bridgehead atoms. The molecule has 0 atom stereocenters. The number of pyridine rings is 1. The van der Waals surface area contributed by atoms with Crippen LogP contribution in [0.25, 0.3) is 0 Å². The van der Waals surface area contributed by atoms with Gasteiger partial charge in [0.25, 0.3) is 0 Å². The summed E-state index contributed by atoms with van der Waals surface area (Å²) in [6.45, 7) is 0.370. The van der Waals surface area contributed by atoms with Crippen LogP contribution in [0.1, 0.15) is 5.56 Å². The Morgan fingerprint density at radius 1 is 1.32 bits per heavy atom. The number of hydrogen-bond acceptors (Lipinski definition) is 4. The summed E-state index contributed by atoms with van der Waals surface area (Å²) in [7, 11) is 0. The highest BCUT2D eigenvalue weighted by atomic mass is 35.5. The Kier molecular flexibility index (Phi) is 4.19. The Morgan fingerprint density at radius 2 is 2.11 bits per heavy atom. The van der Waals surface area contributed by atoms with E-state index in [1.165, 1.54) is 12.3 Å². The molecule has 0 fully saturated rings. The van der Waals surface area contributed by atoms with E-state index >= 15 is 0 Å². The van der Waals surface area contributed by atoms with Crippen LogP contribution in [-0.4, -0.2) is 9.91 Å². The molecule has 0 aliphatic heterocycles. The third-order valence-corrected chi connectivity index (χ3v) is 2.95. The third-order valence-electron chi connectivity index (χ3n) is 2.41. The summed E-state index contributed by atoms with van der Waals surface area (Å²) in [6.07, 6.45) is 1.41. The number of anilines is 1. The van der Waals surface area contributed by atoms with Crippen molar-refractivity contribution in [2.45, 2.75) is 6.54 Å². The lowest BCUT2D eigenvalue weighted by Crippen LogP contribution is -2.05. The molecule has 2 aromatic rings. The fourth-order valence-electron chi connectivity index (χ4n) is 1.57. The summed E-state index contributed by atoms with van der Waals surface area (Å²) in [5.74, 6) is 0.137. The van der Waals surface area contributed by atoms with Crippen LogP contribution in [0.5, 0.6) is 0 Å². The number of nitro groups is 1. The summed E-state index contributed by atoms with van der Waals surface area (Å²) in [6, 6.07) is 8.56. The molecule has 0 aliphatic carbocycles. The molecule has 2 rings (SSSR count). The van der Waals surface area contributed by atoms with Gasteiger partial charge in [-0.3, -0.25) is 10.1 Å². The molecule has 1 aromatic heterocycles. The number of halogens is 2. The molecule has 19 heavy (non-hydrogen) atoms. The van der Waals surface area contributed by atoms with Gasteiger partial charge in [0.1, 0.15) is 5.02 Å². The van der Waals surface area contributed by atoms with E-state index < -0.39 is 4.92 Å². The van der Waals surface area contributed by atoms with E-state index in [1.807, 2.05) is 6.07 Å². The Bertz CT molecular complexity index is 620. The number of benzene rings is 1. The smallest absolute Gasteiger partial charge is 0.329 e. The standard InChI is InChI=1S/C12H9Cl2N3O2/c13-9-3-1-2-8(6-9)7-16-12-11(17(18)19)10(14)4-5-15-12/h1-6H,7H2,(H,15,16). The summed E-state index contributed by atoms with van der Waals surface area (Å²) >= 11 is 11.6. The zero-order chi connectivity index (χ0) is 13.8. The van der Waals surface area contributed by atoms with Gasteiger partial charge in [-0.05, 0) is 23.8 Å². The predicted octanol–water partition coefficient (Wildman–Crippen LogP) is 3.91. The quantitative estimate of drug-likeness (QED) is 0.686. The van der Waals surface area contributed by atoms with Gasteiger partial charge < -0.3 is 5.32 Å². The molecular formula is C12H9Cl2N3O2. The van der Waals surface area contributed by atoms with E-state index in [9.17, 15) is 10.1 Å². The SMILES string of the molecule is O=[N+]([O-])c1c(Cl)ccnc1NCc1cccc(Cl)c1. The Morgan fingerprint density at radius 3 is 2.79 bits per heavy atom. The monoisotopic (exact) mass is 297 g/mol. The second-order valence-corrected chi connectivity index (χ2v) is 4.57. The van der Waals surface area contributed by atoms with Crippen molar-refractivity contribution in [1.29, 1.82) is 0 Å². The third kappa shape index (κ3) is 3.33. The van der Waals surface area contributed by atoms with Crippen molar-refractivity contribution < 1.29 is 4.92 Å². The Balaban J connectivity index is 2.20. The van der Waals surface area contributed by atoms with E-state index in [0.717, 1.165) is 5.56 Å². The van der Waals surface area contributed by atoms with Crippen LogP contribution in [0.15, 0.2) is 36.5 Å². The second kappa shape index (κ2) is 5.86. The van der Waals surface area contributed by atoms with E-state index in [0.29, 0.717) is 11.6 Å². The van der Waals surface area contributed by atoms with Gasteiger partial charge >= 0.3 is 5.69 Å². The van der Waals surface area contributed by atoms with Crippen molar-refractivity contribution in [3.8, 4) is 0 Å². The molecule has 0 saturated heterocycles. The minimum atomic E-state index is -0.560. The molecule has 0 unspecified atom stereocenters. The van der Waals surface area contributed by atoms with Gasteiger partial charge in [0.15, 0.2) is 0 Å². The van der Waals surface area contributed by atoms with Gasteiger partial charge in [-0.2, -0.15) is 0 Å². The maximum absolute atomic E-state index is 10.9. The van der Waals surface area contributed by atoms with Gasteiger partial charge in [0.05, 0.1) is 4.92 Å². The van der Waals surface area contributed by atoms with Crippen molar-refractivity contribution in [1.82, 2.24) is 4.98 Å². The lowest BCUT2D eigenvalue weighted by molar-refractivity contribution is -0.384. The number of rotatable bonds is 4. The highest BCUT2D eigenvalue weighted by Crippen LogP contribution is 2.30. The molecule has 0 aliphatic rings. The zero-order valence-electron chi connectivity index (χ0n) is 9.64. The van der Waals surface area contributed by atoms with E-state index in [2.05, 4.69) is 10.3 Å². The molecular weight excluding hydrogens is 289 g/mol. The summed E-state index contributed by atoms with van der Waals surface area (Å²) in [5, 5.41) is 14.5. The lowest BCUT2D eigenvalue weighted by atomic mass is 10.2. The van der Waals surface area contributed by atoms with E-state index in [1.54, 1.807) is 18.2 Å². The molecule has 7 heteroatoms. The van der Waals surface area contributed by atoms with E-state index in [4.69, 9.17) is 23.2 Å². The van der Waals surface area contributed by atoms with Crippen LogP contribution in [0.2, 0.25) is 10.0 Å². The molecule has 0 radical (unpaired) electrons. The largest absolute Gasteiger partial charge is 0.360 e. The molecule has 5 nitrogen and oxygen atoms in total. The van der Waals surface area contributed by atoms with Gasteiger partial charge in [-0.25, -0.2) is 4.98 Å². The second-order valence-electron chi connectivity index (χ2n) is 3.73. The topological polar surface area (TPSA) is 68.1 Å². The average Bonchev–Trinajstić information content (AvgIpc) is 2.36. The van der Waals surface area contributed by atoms with Crippen molar-refractivity contribution in [3.63, 3.8) is 0 Å². The Labute approximate surface area is 119 Å². The number of nitrogens with one attached hydrogen (secondary N) is 1. The van der Waals surface area contributed by atoms with Crippen LogP contribution < -0.4 is 5.32 Å². The minimum absolute atomic E-state index is 0.0496. The number of aromatic nitrogens is 1. The predicted molar refractivity (Wildman–Crippen MR) is 74.7 cm³/mol. The first-order chi connectivity index (χ1) is 9.08. The zero-order valence-corrected chi connectivity index (χ0v) is 11.1. The molecule has 0 spiro atoms. The normalized spacial score (nSPS) is 10.2. The molecule has 1 aromatic carbocycles. The van der Waals surface area contributed by atoms with Crippen molar-refractivity contribution >= 4 is 34.7 Å². The van der Waals surface area contributed by atoms with E-state index in [-0.39, 0.29) is 16.5 Å². The first-order valence-corrected chi connectivity index (χ1v) is 6.10. The molecule has 0 amide bonds. The lowest BCUT2D eigenvalue weighted by Gasteiger charge is -2.07. The van der Waals surface area contributed by atoms with Crippen LogP contribution >= 0.6 is 23.2 Å². The number of hydrogen-bond donors (Lipinski definition) is 1. The molecule has 1 N–H and O–H groups in total. The van der Waals surface area contributed by atoms with Crippen molar-refractivity contribution in [3.05, 3.63) is 62.3 Å². The van der Waals surface area contributed by atoms with Gasteiger partial charge in [0.2, 0.25) is 5.82 Å². The van der Waals surface area contributed by atoms with Crippen LogP contribution in [0.4, 0.5) is 11.5 Å². The highest BCUT2D eigenvalue weighted by molar-refractivity contribution is 6.33. The fraction of sp³-hybridized carbons (Fsp3) is 0.0833. The maximum atomic E-state index is 10.9. The van der Waals surface area contributed by atoms with Crippen LogP contribution in [-0.2, 0) is 6.54 Å². The summed E-state index contributed by atoms with van der Waals surface area (Å²) in [4.78, 5) is 14.3. The first kappa shape index (κ1) is 13.6. The first-order valence-electron chi connectivity index (χ1n) is 5.35. The van der Waals surface area contributed by atoms with Crippen molar-refractivity contribution in [2.24, 2.45) is 0 Å². The van der Waals surface area contributed by atoms with Gasteiger partial charge in [-0.1, -0.05) is 35.3 Å². The highest BCUT2D eigenvalue weighted by Gasteiger charge is 2.19. The summed E-state index contributed by atoms with van der Waals surface area (Å²) < 4.78 is 0. The van der Waals surface area contributed by atoms with Crippen LogP contribution in [0, 0.1) is 10.1 Å². The molecule has 1 heterocycles. The fourth-order valence-corrected chi connectivity index (χ4v) is 1.99. The van der Waals surface area contributed by atoms with Gasteiger partial charge in [-0.15, -0.1) is 0 Å². The van der Waals surface area contributed by atoms with Gasteiger partial charge in [0, 0.05) is 17.8 Å². The minimum Gasteiger partial charge on any atom is -0.360 e. The summed E-state index contributed by atoms with van der Waals surface area (Å²) in [5.41, 5.74) is 0.662. The molecule has 98 valence electrons. The number of nitrogens with zero attached hydrogens (tertiary/aromatic N) is 2. The molecule has 0 saturated carbocycles. The Hall–Kier alpha value is -1.85. The van der Waals surface area contributed by atoms with Crippen LogP contribution in [0.3, 0.4) is 0 Å². The average molecular weight is 298 g/mol. The maximum Gasteiger partial charge on any atom is 0.329 e.